The predicted octanol–water partition coefficient (Wildman–Crippen LogP) is 0.307. The van der Waals surface area contributed by atoms with E-state index in [1.807, 2.05) is 0 Å². The van der Waals surface area contributed by atoms with Gasteiger partial charge in [0, 0.05) is 6.26 Å². The van der Waals surface area contributed by atoms with E-state index in [1.54, 1.807) is 20.8 Å². The number of rotatable bonds is 5. The second-order valence-corrected chi connectivity index (χ2v) is 7.20. The maximum Gasteiger partial charge on any atom is 0.407 e. The Kier molecular flexibility index (Phi) is 5.91. The maximum atomic E-state index is 11.4. The molecule has 0 aliphatic rings. The van der Waals surface area contributed by atoms with Gasteiger partial charge in [-0.15, -0.1) is 0 Å². The van der Waals surface area contributed by atoms with Crippen LogP contribution in [0.3, 0.4) is 0 Å². The van der Waals surface area contributed by atoms with Crippen molar-refractivity contribution in [3.63, 3.8) is 0 Å². The molecule has 0 aromatic carbocycles. The van der Waals surface area contributed by atoms with Crippen LogP contribution in [0.2, 0.25) is 0 Å². The van der Waals surface area contributed by atoms with Gasteiger partial charge in [0.05, 0.1) is 18.4 Å². The first-order valence-electron chi connectivity index (χ1n) is 5.31. The van der Waals surface area contributed by atoms with Gasteiger partial charge in [0.25, 0.3) is 0 Å². The van der Waals surface area contributed by atoms with Crippen LogP contribution in [0.5, 0.6) is 0 Å². The van der Waals surface area contributed by atoms with Crippen LogP contribution in [0, 0.1) is 0 Å². The summed E-state index contributed by atoms with van der Waals surface area (Å²) in [5, 5.41) is 11.4. The molecule has 1 atom stereocenters. The summed E-state index contributed by atoms with van der Waals surface area (Å²) < 4.78 is 26.9. The van der Waals surface area contributed by atoms with Crippen molar-refractivity contribution in [1.82, 2.24) is 5.32 Å². The number of carbonyl (C=O) groups is 1. The van der Waals surface area contributed by atoms with Crippen molar-refractivity contribution < 1.29 is 23.1 Å². The number of alkyl carbamates (subject to hydrolysis) is 1. The minimum Gasteiger partial charge on any atom is -0.444 e. The van der Waals surface area contributed by atoms with Crippen molar-refractivity contribution in [1.29, 1.82) is 0 Å². The van der Waals surface area contributed by atoms with Crippen LogP contribution in [-0.2, 0) is 14.6 Å². The first kappa shape index (κ1) is 16.2. The van der Waals surface area contributed by atoms with E-state index in [0.29, 0.717) is 0 Å². The fourth-order valence-electron chi connectivity index (χ4n) is 1.04. The van der Waals surface area contributed by atoms with Gasteiger partial charge in [-0.2, -0.15) is 0 Å². The molecular formula is C10H21NO5S. The Morgan fingerprint density at radius 2 is 1.94 bits per heavy atom. The summed E-state index contributed by atoms with van der Waals surface area (Å²) in [4.78, 5) is 11.4. The monoisotopic (exact) mass is 267 g/mol. The molecule has 0 fully saturated rings. The van der Waals surface area contributed by atoms with Crippen molar-refractivity contribution >= 4 is 15.9 Å². The molecule has 0 bridgehead atoms. The van der Waals surface area contributed by atoms with Crippen LogP contribution in [0.15, 0.2) is 0 Å². The average Bonchev–Trinajstić information content (AvgIpc) is 2.07. The highest BCUT2D eigenvalue weighted by molar-refractivity contribution is 7.90. The number of hydrogen-bond acceptors (Lipinski definition) is 5. The molecule has 0 aliphatic carbocycles. The predicted molar refractivity (Wildman–Crippen MR) is 64.6 cm³/mol. The molecule has 0 spiro atoms. The number of carbonyl (C=O) groups excluding carboxylic acids is 1. The fourth-order valence-corrected chi connectivity index (χ4v) is 1.75. The zero-order chi connectivity index (χ0) is 13.7. The number of aliphatic hydroxyl groups is 1. The number of nitrogens with one attached hydrogen (secondary N) is 1. The highest BCUT2D eigenvalue weighted by atomic mass is 32.2. The molecule has 17 heavy (non-hydrogen) atoms. The number of ether oxygens (including phenoxy) is 1. The SMILES string of the molecule is CC(C)(C)OC(=O)N[C@@H](CO)CCS(C)(=O)=O. The summed E-state index contributed by atoms with van der Waals surface area (Å²) in [6.07, 6.45) is 0.605. The lowest BCUT2D eigenvalue weighted by molar-refractivity contribution is 0.0481. The smallest absolute Gasteiger partial charge is 0.407 e. The minimum atomic E-state index is -3.10. The Labute approximate surface area is 102 Å². The summed E-state index contributed by atoms with van der Waals surface area (Å²) in [5.41, 5.74) is -0.624. The summed E-state index contributed by atoms with van der Waals surface area (Å²) in [7, 11) is -3.10. The van der Waals surface area contributed by atoms with E-state index in [1.165, 1.54) is 0 Å². The van der Waals surface area contributed by atoms with E-state index in [9.17, 15) is 13.2 Å². The molecular weight excluding hydrogens is 246 g/mol. The summed E-state index contributed by atoms with van der Waals surface area (Å²) in [6.45, 7) is 4.83. The highest BCUT2D eigenvalue weighted by Gasteiger charge is 2.19. The Morgan fingerprint density at radius 3 is 2.29 bits per heavy atom. The lowest BCUT2D eigenvalue weighted by Crippen LogP contribution is -2.41. The van der Waals surface area contributed by atoms with Gasteiger partial charge in [-0.25, -0.2) is 13.2 Å². The first-order chi connectivity index (χ1) is 7.53. The quantitative estimate of drug-likeness (QED) is 0.747. The third-order valence-corrected chi connectivity index (χ3v) is 2.76. The van der Waals surface area contributed by atoms with E-state index in [2.05, 4.69) is 5.32 Å². The lowest BCUT2D eigenvalue weighted by atomic mass is 10.2. The molecule has 2 N–H and O–H groups in total. The molecule has 0 saturated heterocycles. The van der Waals surface area contributed by atoms with Crippen LogP contribution in [0.25, 0.3) is 0 Å². The zero-order valence-electron chi connectivity index (χ0n) is 10.7. The third kappa shape index (κ3) is 10.1. The summed E-state index contributed by atoms with van der Waals surface area (Å²) in [6, 6.07) is -0.612. The molecule has 0 unspecified atom stereocenters. The molecule has 0 aliphatic heterocycles. The van der Waals surface area contributed by atoms with Crippen molar-refractivity contribution in [2.75, 3.05) is 18.6 Å². The first-order valence-corrected chi connectivity index (χ1v) is 7.37. The van der Waals surface area contributed by atoms with E-state index in [-0.39, 0.29) is 18.8 Å². The second-order valence-electron chi connectivity index (χ2n) is 4.94. The topological polar surface area (TPSA) is 92.7 Å². The molecule has 0 rings (SSSR count). The molecule has 1 amide bonds. The molecule has 0 radical (unpaired) electrons. The zero-order valence-corrected chi connectivity index (χ0v) is 11.5. The summed E-state index contributed by atoms with van der Waals surface area (Å²) in [5.74, 6) is -0.0893. The summed E-state index contributed by atoms with van der Waals surface area (Å²) >= 11 is 0. The van der Waals surface area contributed by atoms with Gasteiger partial charge in [-0.05, 0) is 27.2 Å². The van der Waals surface area contributed by atoms with Crippen molar-refractivity contribution in [2.45, 2.75) is 38.8 Å². The largest absolute Gasteiger partial charge is 0.444 e. The second kappa shape index (κ2) is 6.20. The van der Waals surface area contributed by atoms with Crippen LogP contribution < -0.4 is 5.32 Å². The molecule has 0 aromatic heterocycles. The Balaban J connectivity index is 4.18. The van der Waals surface area contributed by atoms with Gasteiger partial charge in [0.1, 0.15) is 15.4 Å². The number of sulfone groups is 1. The number of amides is 1. The Bertz CT molecular complexity index is 344. The van der Waals surface area contributed by atoms with E-state index in [0.717, 1.165) is 6.26 Å². The maximum absolute atomic E-state index is 11.4. The van der Waals surface area contributed by atoms with Gasteiger partial charge < -0.3 is 15.2 Å². The van der Waals surface area contributed by atoms with Crippen LogP contribution in [0.4, 0.5) is 4.79 Å². The standard InChI is InChI=1S/C10H21NO5S/c1-10(2,3)16-9(13)11-8(7-12)5-6-17(4,14)15/h8,12H,5-7H2,1-4H3,(H,11,13)/t8-/m1/s1. The van der Waals surface area contributed by atoms with Gasteiger partial charge in [0.2, 0.25) is 0 Å². The Hall–Kier alpha value is -0.820. The van der Waals surface area contributed by atoms with Crippen molar-refractivity contribution in [3.8, 4) is 0 Å². The van der Waals surface area contributed by atoms with E-state index < -0.39 is 27.6 Å². The van der Waals surface area contributed by atoms with Crippen LogP contribution >= 0.6 is 0 Å². The van der Waals surface area contributed by atoms with Gasteiger partial charge in [0.15, 0.2) is 0 Å². The minimum absolute atomic E-state index is 0.0893. The van der Waals surface area contributed by atoms with Crippen LogP contribution in [0.1, 0.15) is 27.2 Å². The number of hydrogen-bond donors (Lipinski definition) is 2. The molecule has 0 saturated carbocycles. The molecule has 0 aromatic rings. The molecule has 102 valence electrons. The van der Waals surface area contributed by atoms with E-state index in [4.69, 9.17) is 9.84 Å². The number of aliphatic hydroxyl groups excluding tert-OH is 1. The van der Waals surface area contributed by atoms with Crippen molar-refractivity contribution in [2.24, 2.45) is 0 Å². The molecule has 0 heterocycles. The van der Waals surface area contributed by atoms with Gasteiger partial charge >= 0.3 is 6.09 Å². The Morgan fingerprint density at radius 1 is 1.41 bits per heavy atom. The van der Waals surface area contributed by atoms with E-state index >= 15 is 0 Å². The molecule has 7 heteroatoms. The average molecular weight is 267 g/mol. The fraction of sp³-hybridized carbons (Fsp3) is 0.900. The third-order valence-electron chi connectivity index (χ3n) is 1.78. The normalized spacial score (nSPS) is 14.2. The molecule has 6 nitrogen and oxygen atoms in total. The highest BCUT2D eigenvalue weighted by Crippen LogP contribution is 2.07. The lowest BCUT2D eigenvalue weighted by Gasteiger charge is -2.22. The van der Waals surface area contributed by atoms with Crippen molar-refractivity contribution in [3.05, 3.63) is 0 Å². The van der Waals surface area contributed by atoms with Gasteiger partial charge in [-0.3, -0.25) is 0 Å². The van der Waals surface area contributed by atoms with Gasteiger partial charge in [-0.1, -0.05) is 0 Å². The van der Waals surface area contributed by atoms with Crippen LogP contribution in [-0.4, -0.2) is 49.9 Å².